The van der Waals surface area contributed by atoms with Gasteiger partial charge in [-0.2, -0.15) is 5.01 Å². The predicted octanol–water partition coefficient (Wildman–Crippen LogP) is 6.33. The molecule has 5 fully saturated rings. The lowest BCUT2D eigenvalue weighted by Gasteiger charge is -2.55. The average Bonchev–Trinajstić information content (AvgIpc) is 3.15. The van der Waals surface area contributed by atoms with Crippen LogP contribution < -0.4 is 14.9 Å². The molecular weight excluding hydrogens is 631 g/mol. The number of carbonyl (C=O) groups is 2. The van der Waals surface area contributed by atoms with Crippen LogP contribution in [0.1, 0.15) is 49.7 Å². The van der Waals surface area contributed by atoms with E-state index in [1.807, 2.05) is 42.5 Å². The topological polar surface area (TPSA) is 67.9 Å². The monoisotopic (exact) mass is 660 g/mol. The molecule has 0 radical (unpaired) electrons. The smallest absolute Gasteiger partial charge is 0.285 e. The Bertz CT molecular complexity index is 1290. The lowest BCUT2D eigenvalue weighted by Crippen LogP contribution is -2.57. The maximum Gasteiger partial charge on any atom is 0.285 e. The van der Waals surface area contributed by atoms with Gasteiger partial charge < -0.3 is 9.47 Å². The zero-order valence-corrected chi connectivity index (χ0v) is 24.9. The highest BCUT2D eigenvalue weighted by atomic mass is 127. The first-order chi connectivity index (χ1) is 18.3. The highest BCUT2D eigenvalue weighted by molar-refractivity contribution is 14.1. The minimum absolute atomic E-state index is 0.0366. The minimum atomic E-state index is -0.344. The number of thiocarbonyl (C=S) groups is 1. The van der Waals surface area contributed by atoms with Crippen LogP contribution in [0.5, 0.6) is 11.5 Å². The zero-order valence-electron chi connectivity index (χ0n) is 21.1. The number of halogens is 1. The second kappa shape index (κ2) is 10.5. The summed E-state index contributed by atoms with van der Waals surface area (Å²) in [5.74, 6) is 2.82. The summed E-state index contributed by atoms with van der Waals surface area (Å²) in [7, 11) is 1.59. The first-order valence-corrected chi connectivity index (χ1v) is 15.3. The lowest BCUT2D eigenvalue weighted by atomic mass is 9.49. The molecular formula is C29H29IN2O4S2. The number of carbonyl (C=O) groups excluding carboxylic acids is 2. The van der Waals surface area contributed by atoms with E-state index < -0.39 is 0 Å². The molecule has 198 valence electrons. The Balaban J connectivity index is 1.14. The lowest BCUT2D eigenvalue weighted by molar-refractivity contribution is -0.152. The number of rotatable bonds is 7. The van der Waals surface area contributed by atoms with Crippen molar-refractivity contribution >= 4 is 68.8 Å². The van der Waals surface area contributed by atoms with Gasteiger partial charge in [-0.15, -0.1) is 0 Å². The van der Waals surface area contributed by atoms with Crippen molar-refractivity contribution in [3.63, 3.8) is 0 Å². The second-order valence-electron chi connectivity index (χ2n) is 11.0. The molecule has 4 saturated carbocycles. The van der Waals surface area contributed by atoms with Crippen LogP contribution in [0.4, 0.5) is 0 Å². The van der Waals surface area contributed by atoms with Crippen molar-refractivity contribution in [3.05, 3.63) is 62.1 Å². The van der Waals surface area contributed by atoms with Crippen LogP contribution >= 0.6 is 46.6 Å². The van der Waals surface area contributed by atoms with Gasteiger partial charge in [0.25, 0.3) is 5.91 Å². The Morgan fingerprint density at radius 2 is 1.76 bits per heavy atom. The molecule has 0 aromatic heterocycles. The normalized spacial score (nSPS) is 28.7. The van der Waals surface area contributed by atoms with E-state index in [-0.39, 0.29) is 17.2 Å². The van der Waals surface area contributed by atoms with Gasteiger partial charge in [-0.05, 0) is 133 Å². The molecule has 0 spiro atoms. The van der Waals surface area contributed by atoms with Crippen LogP contribution in [0, 0.1) is 26.7 Å². The molecule has 7 rings (SSSR count). The van der Waals surface area contributed by atoms with E-state index in [2.05, 4.69) is 28.0 Å². The number of hydrazine groups is 1. The highest BCUT2D eigenvalue weighted by Crippen LogP contribution is 2.60. The molecule has 9 heteroatoms. The summed E-state index contributed by atoms with van der Waals surface area (Å²) < 4.78 is 13.1. The Morgan fingerprint density at radius 3 is 2.39 bits per heavy atom. The summed E-state index contributed by atoms with van der Waals surface area (Å²) in [6.07, 6.45) is 8.37. The zero-order chi connectivity index (χ0) is 26.4. The molecule has 4 bridgehead atoms. The van der Waals surface area contributed by atoms with Crippen LogP contribution in [0.15, 0.2) is 47.4 Å². The number of methoxy groups -OCH3 is 1. The van der Waals surface area contributed by atoms with Crippen molar-refractivity contribution in [2.45, 2.75) is 45.1 Å². The van der Waals surface area contributed by atoms with Crippen molar-refractivity contribution < 1.29 is 19.1 Å². The fraction of sp³-hybridized carbons (Fsp3) is 0.414. The van der Waals surface area contributed by atoms with Gasteiger partial charge in [0.1, 0.15) is 6.61 Å². The molecule has 2 aromatic carbocycles. The molecule has 38 heavy (non-hydrogen) atoms. The van der Waals surface area contributed by atoms with E-state index in [1.54, 1.807) is 13.2 Å². The van der Waals surface area contributed by atoms with Crippen LogP contribution in [0.25, 0.3) is 6.08 Å². The van der Waals surface area contributed by atoms with E-state index in [0.29, 0.717) is 45.1 Å². The maximum absolute atomic E-state index is 13.5. The summed E-state index contributed by atoms with van der Waals surface area (Å²) >= 11 is 8.98. The largest absolute Gasteiger partial charge is 0.493 e. The highest BCUT2D eigenvalue weighted by Gasteiger charge is 2.55. The minimum Gasteiger partial charge on any atom is -0.493 e. The number of benzene rings is 2. The number of ether oxygens (including phenoxy) is 2. The summed E-state index contributed by atoms with van der Waals surface area (Å²) in [6, 6.07) is 13.7. The maximum atomic E-state index is 13.5. The second-order valence-corrected chi connectivity index (χ2v) is 13.9. The number of nitrogens with zero attached hydrogens (tertiary/aromatic N) is 1. The van der Waals surface area contributed by atoms with E-state index in [4.69, 9.17) is 21.7 Å². The molecule has 1 aliphatic heterocycles. The van der Waals surface area contributed by atoms with Gasteiger partial charge in [0, 0.05) is 3.57 Å². The predicted molar refractivity (Wildman–Crippen MR) is 160 cm³/mol. The third-order valence-electron chi connectivity index (χ3n) is 8.32. The number of thioether (sulfide) groups is 1. The SMILES string of the molecule is COc1cc(/C=C2\SC(=S)N(NC(=O)C34CC5CC(CC(C5)C3)C4)C2=O)ccc1OCc1ccc(I)cc1. The van der Waals surface area contributed by atoms with Gasteiger partial charge in [-0.1, -0.05) is 30.0 Å². The van der Waals surface area contributed by atoms with Gasteiger partial charge in [0.15, 0.2) is 15.8 Å². The molecule has 0 unspecified atom stereocenters. The first-order valence-electron chi connectivity index (χ1n) is 13.0. The van der Waals surface area contributed by atoms with E-state index in [1.165, 1.54) is 39.6 Å². The fourth-order valence-electron chi connectivity index (χ4n) is 6.96. The van der Waals surface area contributed by atoms with Gasteiger partial charge in [-0.25, -0.2) is 0 Å². The summed E-state index contributed by atoms with van der Waals surface area (Å²) in [6.45, 7) is 0.425. The van der Waals surface area contributed by atoms with Crippen LogP contribution in [0.2, 0.25) is 0 Å². The Hall–Kier alpha value is -2.11. The van der Waals surface area contributed by atoms with E-state index in [0.717, 1.165) is 30.4 Å². The molecule has 2 amide bonds. The van der Waals surface area contributed by atoms with Crippen LogP contribution in [-0.2, 0) is 16.2 Å². The van der Waals surface area contributed by atoms with Gasteiger partial charge in [0.2, 0.25) is 5.91 Å². The van der Waals surface area contributed by atoms with Gasteiger partial charge in [-0.3, -0.25) is 15.0 Å². The quantitative estimate of drug-likeness (QED) is 0.213. The van der Waals surface area contributed by atoms with Crippen LogP contribution in [-0.4, -0.2) is 28.3 Å². The first kappa shape index (κ1) is 26.1. The number of nitrogens with one attached hydrogen (secondary N) is 1. The molecule has 6 nitrogen and oxygen atoms in total. The third kappa shape index (κ3) is 5.09. The molecule has 2 aromatic rings. The molecule has 1 N–H and O–H groups in total. The number of hydrogen-bond donors (Lipinski definition) is 1. The fourth-order valence-corrected chi connectivity index (χ4v) is 8.50. The molecule has 4 aliphatic carbocycles. The van der Waals surface area contributed by atoms with E-state index >= 15 is 0 Å². The average molecular weight is 661 g/mol. The molecule has 5 aliphatic rings. The van der Waals surface area contributed by atoms with Crippen molar-refractivity contribution in [1.82, 2.24) is 10.4 Å². The van der Waals surface area contributed by atoms with Crippen molar-refractivity contribution in [1.29, 1.82) is 0 Å². The number of hydrogen-bond acceptors (Lipinski definition) is 6. The summed E-state index contributed by atoms with van der Waals surface area (Å²) in [5.41, 5.74) is 4.43. The third-order valence-corrected chi connectivity index (χ3v) is 10.3. The Morgan fingerprint density at radius 1 is 1.11 bits per heavy atom. The Labute approximate surface area is 246 Å². The van der Waals surface area contributed by atoms with Gasteiger partial charge >= 0.3 is 0 Å². The Kier molecular flexibility index (Phi) is 7.19. The van der Waals surface area contributed by atoms with E-state index in [9.17, 15) is 9.59 Å². The molecule has 1 saturated heterocycles. The van der Waals surface area contributed by atoms with Crippen LogP contribution in [0.3, 0.4) is 0 Å². The van der Waals surface area contributed by atoms with Crippen molar-refractivity contribution in [3.8, 4) is 11.5 Å². The summed E-state index contributed by atoms with van der Waals surface area (Å²) in [5, 5.41) is 1.27. The van der Waals surface area contributed by atoms with Crippen molar-refractivity contribution in [2.24, 2.45) is 23.2 Å². The van der Waals surface area contributed by atoms with Crippen molar-refractivity contribution in [2.75, 3.05) is 7.11 Å². The number of amides is 2. The molecule has 0 atom stereocenters. The molecule has 1 heterocycles. The van der Waals surface area contributed by atoms with Gasteiger partial charge in [0.05, 0.1) is 17.4 Å². The standard InChI is InChI=1S/C29H29IN2O4S2/c1-35-24-11-18(4-7-23(24)36-16-17-2-5-22(30)6-3-17)12-25-26(33)32(28(37)38-25)31-27(34)29-13-19-8-20(14-29)10-21(9-19)15-29/h2-7,11-12,19-21H,8-10,13-16H2,1H3,(H,31,34)/b25-12-. The summed E-state index contributed by atoms with van der Waals surface area (Å²) in [4.78, 5) is 27.2.